The largest absolute Gasteiger partial charge is 0.431 e. The molecule has 3 nitrogen and oxygen atoms in total. The van der Waals surface area contributed by atoms with E-state index in [9.17, 15) is 0 Å². The van der Waals surface area contributed by atoms with Crippen molar-refractivity contribution in [2.45, 2.75) is 0 Å². The third-order valence-electron chi connectivity index (χ3n) is 0.630. The van der Waals surface area contributed by atoms with Crippen LogP contribution in [-0.2, 0) is 0 Å². The first kappa shape index (κ1) is 5.13. The van der Waals surface area contributed by atoms with Crippen LogP contribution in [0.2, 0.25) is 5.22 Å². The van der Waals surface area contributed by atoms with Crippen molar-refractivity contribution in [2.24, 2.45) is 0 Å². The molecular weight excluding hydrogens is 128 g/mol. The van der Waals surface area contributed by atoms with Gasteiger partial charge in [0.15, 0.2) is 12.1 Å². The standard InChI is InChI=1S/C4HClN2O/c5-4-3(1-6)7-2-8-4/h2H. The van der Waals surface area contributed by atoms with Crippen LogP contribution in [0.1, 0.15) is 5.69 Å². The van der Waals surface area contributed by atoms with Crippen LogP contribution in [0.5, 0.6) is 0 Å². The molecule has 0 aliphatic rings. The molecule has 40 valence electrons. The first-order valence-electron chi connectivity index (χ1n) is 1.83. The second-order valence-electron chi connectivity index (χ2n) is 1.09. The molecule has 0 atom stereocenters. The Bertz CT molecular complexity index is 224. The molecule has 0 N–H and O–H groups in total. The number of hydrogen-bond acceptors (Lipinski definition) is 3. The molecule has 1 aromatic heterocycles. The van der Waals surface area contributed by atoms with E-state index < -0.39 is 0 Å². The number of rotatable bonds is 0. The third-order valence-corrected chi connectivity index (χ3v) is 0.898. The molecule has 0 fully saturated rings. The van der Waals surface area contributed by atoms with Crippen LogP contribution in [0.4, 0.5) is 0 Å². The van der Waals surface area contributed by atoms with E-state index in [0.29, 0.717) is 0 Å². The summed E-state index contributed by atoms with van der Waals surface area (Å²) in [7, 11) is 0. The van der Waals surface area contributed by atoms with Crippen LogP contribution in [0.3, 0.4) is 0 Å². The molecule has 0 aliphatic carbocycles. The van der Waals surface area contributed by atoms with E-state index >= 15 is 0 Å². The molecule has 0 spiro atoms. The number of nitrogens with zero attached hydrogens (tertiary/aromatic N) is 2. The van der Waals surface area contributed by atoms with Crippen molar-refractivity contribution in [1.29, 1.82) is 5.26 Å². The maximum Gasteiger partial charge on any atom is 0.231 e. The zero-order chi connectivity index (χ0) is 5.98. The van der Waals surface area contributed by atoms with Crippen molar-refractivity contribution in [3.63, 3.8) is 0 Å². The fraction of sp³-hybridized carbons (Fsp3) is 0. The van der Waals surface area contributed by atoms with Crippen LogP contribution >= 0.6 is 11.6 Å². The highest BCUT2D eigenvalue weighted by Gasteiger charge is 2.00. The minimum Gasteiger partial charge on any atom is -0.431 e. The summed E-state index contributed by atoms with van der Waals surface area (Å²) in [5.74, 6) is 0. The van der Waals surface area contributed by atoms with Crippen LogP contribution in [-0.4, -0.2) is 4.98 Å². The van der Waals surface area contributed by atoms with Gasteiger partial charge >= 0.3 is 0 Å². The van der Waals surface area contributed by atoms with E-state index in [1.165, 1.54) is 0 Å². The summed E-state index contributed by atoms with van der Waals surface area (Å²) in [5, 5.41) is 8.20. The lowest BCUT2D eigenvalue weighted by molar-refractivity contribution is 0.559. The summed E-state index contributed by atoms with van der Waals surface area (Å²) in [6, 6.07) is 1.74. The van der Waals surface area contributed by atoms with Crippen molar-refractivity contribution >= 4 is 11.6 Å². The third kappa shape index (κ3) is 0.658. The minimum absolute atomic E-state index is 0.0486. The zero-order valence-corrected chi connectivity index (χ0v) is 4.51. The maximum absolute atomic E-state index is 8.15. The van der Waals surface area contributed by atoms with Crippen molar-refractivity contribution < 1.29 is 4.42 Å². The first-order chi connectivity index (χ1) is 3.84. The maximum atomic E-state index is 8.15. The van der Waals surface area contributed by atoms with Crippen molar-refractivity contribution in [3.8, 4) is 6.07 Å². The lowest BCUT2D eigenvalue weighted by Crippen LogP contribution is -1.68. The van der Waals surface area contributed by atoms with E-state index in [4.69, 9.17) is 16.9 Å². The Labute approximate surface area is 50.5 Å². The highest BCUT2D eigenvalue weighted by atomic mass is 35.5. The lowest BCUT2D eigenvalue weighted by atomic mass is 10.6. The van der Waals surface area contributed by atoms with Crippen molar-refractivity contribution in [3.05, 3.63) is 17.3 Å². The molecule has 0 unspecified atom stereocenters. The van der Waals surface area contributed by atoms with Gasteiger partial charge in [-0.1, -0.05) is 0 Å². The molecule has 4 heteroatoms. The van der Waals surface area contributed by atoms with Gasteiger partial charge in [0.2, 0.25) is 5.22 Å². The van der Waals surface area contributed by atoms with Gasteiger partial charge in [0.05, 0.1) is 0 Å². The van der Waals surface area contributed by atoms with Gasteiger partial charge in [-0.15, -0.1) is 0 Å². The molecular formula is C4HClN2O. The monoisotopic (exact) mass is 128 g/mol. The summed E-state index contributed by atoms with van der Waals surface area (Å²) in [6.07, 6.45) is 1.13. The van der Waals surface area contributed by atoms with Gasteiger partial charge in [0.25, 0.3) is 0 Å². The molecule has 0 aliphatic heterocycles. The molecule has 8 heavy (non-hydrogen) atoms. The summed E-state index contributed by atoms with van der Waals surface area (Å²) < 4.78 is 4.49. The molecule has 0 amide bonds. The molecule has 0 saturated carbocycles. The SMILES string of the molecule is N#Cc1ncoc1Cl. The molecule has 1 heterocycles. The smallest absolute Gasteiger partial charge is 0.231 e. The Morgan fingerprint density at radius 3 is 2.88 bits per heavy atom. The Morgan fingerprint density at radius 2 is 2.62 bits per heavy atom. The van der Waals surface area contributed by atoms with Crippen LogP contribution in [0.25, 0.3) is 0 Å². The van der Waals surface area contributed by atoms with Crippen LogP contribution in [0, 0.1) is 11.3 Å². The van der Waals surface area contributed by atoms with Crippen LogP contribution < -0.4 is 0 Å². The predicted molar refractivity (Wildman–Crippen MR) is 26.2 cm³/mol. The van der Waals surface area contributed by atoms with Gasteiger partial charge in [-0.05, 0) is 11.6 Å². The second kappa shape index (κ2) is 1.85. The van der Waals surface area contributed by atoms with E-state index in [0.717, 1.165) is 6.39 Å². The average molecular weight is 129 g/mol. The van der Waals surface area contributed by atoms with Gasteiger partial charge in [0.1, 0.15) is 6.07 Å². The molecule has 0 saturated heterocycles. The summed E-state index contributed by atoms with van der Waals surface area (Å²) >= 11 is 5.29. The Hall–Kier alpha value is -1.01. The Morgan fingerprint density at radius 1 is 1.88 bits per heavy atom. The predicted octanol–water partition coefficient (Wildman–Crippen LogP) is 1.20. The Kier molecular flexibility index (Phi) is 1.18. The molecule has 0 radical (unpaired) electrons. The van der Waals surface area contributed by atoms with E-state index in [1.807, 2.05) is 0 Å². The number of aromatic nitrogens is 1. The summed E-state index contributed by atoms with van der Waals surface area (Å²) in [6.45, 7) is 0. The van der Waals surface area contributed by atoms with E-state index in [2.05, 4.69) is 9.40 Å². The fourth-order valence-corrected chi connectivity index (χ4v) is 0.436. The Balaban J connectivity index is 3.15. The minimum atomic E-state index is 0.0486. The quantitative estimate of drug-likeness (QED) is 0.528. The average Bonchev–Trinajstić information content (AvgIpc) is 2.14. The molecule has 0 bridgehead atoms. The van der Waals surface area contributed by atoms with Crippen molar-refractivity contribution in [1.82, 2.24) is 4.98 Å². The first-order valence-corrected chi connectivity index (χ1v) is 2.21. The van der Waals surface area contributed by atoms with Gasteiger partial charge < -0.3 is 4.42 Å². The van der Waals surface area contributed by atoms with Gasteiger partial charge in [0, 0.05) is 0 Å². The van der Waals surface area contributed by atoms with E-state index in [-0.39, 0.29) is 10.9 Å². The fourth-order valence-electron chi connectivity index (χ4n) is 0.305. The van der Waals surface area contributed by atoms with Gasteiger partial charge in [-0.3, -0.25) is 0 Å². The zero-order valence-electron chi connectivity index (χ0n) is 3.76. The van der Waals surface area contributed by atoms with Crippen LogP contribution in [0.15, 0.2) is 10.8 Å². The summed E-state index contributed by atoms with van der Waals surface area (Å²) in [4.78, 5) is 3.47. The topological polar surface area (TPSA) is 49.8 Å². The highest BCUT2D eigenvalue weighted by Crippen LogP contribution is 2.10. The molecule has 1 aromatic rings. The number of nitriles is 1. The van der Waals surface area contributed by atoms with Gasteiger partial charge in [-0.2, -0.15) is 5.26 Å². The van der Waals surface area contributed by atoms with Gasteiger partial charge in [-0.25, -0.2) is 4.98 Å². The number of hydrogen-bond donors (Lipinski definition) is 0. The molecule has 0 aromatic carbocycles. The second-order valence-corrected chi connectivity index (χ2v) is 1.43. The number of oxazole rings is 1. The highest BCUT2D eigenvalue weighted by molar-refractivity contribution is 6.29. The molecule has 1 rings (SSSR count). The lowest BCUT2D eigenvalue weighted by Gasteiger charge is -1.70. The summed E-state index contributed by atoms with van der Waals surface area (Å²) in [5.41, 5.74) is 0.131. The van der Waals surface area contributed by atoms with Crippen molar-refractivity contribution in [2.75, 3.05) is 0 Å². The number of halogens is 1. The normalized spacial score (nSPS) is 8.50. The van der Waals surface area contributed by atoms with E-state index in [1.54, 1.807) is 6.07 Å².